The normalized spacial score (nSPS) is 14.7. The molecule has 0 aliphatic carbocycles. The standard InChI is InChI=1S/C17H12Br2N6O4/c1-7(2)9-5-13(22-23-15(9)26)29-14-10(18)3-8(4-11(14)19)25-17(28)21-16(27)12(6-20)24-25/h3-5,7H,1-2H3,(H,23,26)(H,21,27,28)/i1D3,2D3. The Kier molecular flexibility index (Phi) is 3.94. The van der Waals surface area contributed by atoms with E-state index in [1.807, 2.05) is 10.1 Å². The van der Waals surface area contributed by atoms with E-state index in [0.717, 1.165) is 10.7 Å². The lowest BCUT2D eigenvalue weighted by molar-refractivity contribution is 0.446. The summed E-state index contributed by atoms with van der Waals surface area (Å²) in [7, 11) is 0. The Morgan fingerprint density at radius 2 is 1.90 bits per heavy atom. The monoisotopic (exact) mass is 528 g/mol. The van der Waals surface area contributed by atoms with Crippen molar-refractivity contribution < 1.29 is 13.0 Å². The zero-order valence-electron chi connectivity index (χ0n) is 20.0. The third-order valence-electron chi connectivity index (χ3n) is 3.49. The summed E-state index contributed by atoms with van der Waals surface area (Å²) < 4.78 is 52.3. The average molecular weight is 530 g/mol. The van der Waals surface area contributed by atoms with E-state index in [0.29, 0.717) is 0 Å². The zero-order chi connectivity index (χ0) is 26.3. The third-order valence-corrected chi connectivity index (χ3v) is 4.67. The molecule has 3 rings (SSSR count). The molecule has 12 heteroatoms. The van der Waals surface area contributed by atoms with Crippen LogP contribution in [0.4, 0.5) is 0 Å². The molecule has 1 aromatic carbocycles. The molecule has 2 heterocycles. The highest BCUT2D eigenvalue weighted by Crippen LogP contribution is 2.38. The molecule has 10 nitrogen and oxygen atoms in total. The number of nitriles is 1. The molecule has 29 heavy (non-hydrogen) atoms. The van der Waals surface area contributed by atoms with Gasteiger partial charge in [0, 0.05) is 19.9 Å². The number of aromatic amines is 2. The maximum absolute atomic E-state index is 12.2. The van der Waals surface area contributed by atoms with E-state index < -0.39 is 47.7 Å². The van der Waals surface area contributed by atoms with Gasteiger partial charge in [0.1, 0.15) is 6.07 Å². The smallest absolute Gasteiger partial charge is 0.349 e. The molecular weight excluding hydrogens is 512 g/mol. The molecule has 0 atom stereocenters. The summed E-state index contributed by atoms with van der Waals surface area (Å²) in [6.45, 7) is -6.03. The Labute approximate surface area is 187 Å². The number of H-pyrrole nitrogens is 2. The first kappa shape index (κ1) is 14.0. The number of hydrogen-bond acceptors (Lipinski definition) is 7. The summed E-state index contributed by atoms with van der Waals surface area (Å²) in [5.74, 6) is -2.36. The topological polar surface area (TPSA) is 147 Å². The van der Waals surface area contributed by atoms with Crippen LogP contribution in [0, 0.1) is 11.3 Å². The lowest BCUT2D eigenvalue weighted by Gasteiger charge is -2.12. The Balaban J connectivity index is 2.07. The average Bonchev–Trinajstić information content (AvgIpc) is 2.71. The fraction of sp³-hybridized carbons (Fsp3) is 0.176. The summed E-state index contributed by atoms with van der Waals surface area (Å²) in [5, 5.41) is 18.4. The van der Waals surface area contributed by atoms with E-state index in [1.54, 1.807) is 6.07 Å². The summed E-state index contributed by atoms with van der Waals surface area (Å²) in [6.07, 6.45) is 0. The quantitative estimate of drug-likeness (QED) is 0.527. The fourth-order valence-corrected chi connectivity index (χ4v) is 3.51. The van der Waals surface area contributed by atoms with Crippen LogP contribution in [0.5, 0.6) is 11.6 Å². The lowest BCUT2D eigenvalue weighted by atomic mass is 10.1. The Hall–Kier alpha value is -3.04. The Morgan fingerprint density at radius 3 is 2.52 bits per heavy atom. The molecule has 0 bridgehead atoms. The van der Waals surface area contributed by atoms with Crippen LogP contribution in [0.15, 0.2) is 41.5 Å². The predicted molar refractivity (Wildman–Crippen MR) is 110 cm³/mol. The van der Waals surface area contributed by atoms with Crippen LogP contribution < -0.4 is 21.5 Å². The van der Waals surface area contributed by atoms with Crippen molar-refractivity contribution in [1.29, 1.82) is 5.26 Å². The highest BCUT2D eigenvalue weighted by molar-refractivity contribution is 9.11. The number of ether oxygens (including phenoxy) is 1. The van der Waals surface area contributed by atoms with Gasteiger partial charge >= 0.3 is 5.69 Å². The van der Waals surface area contributed by atoms with Crippen LogP contribution >= 0.6 is 31.9 Å². The molecule has 0 radical (unpaired) electrons. The Morgan fingerprint density at radius 1 is 1.21 bits per heavy atom. The first-order valence-corrected chi connectivity index (χ1v) is 9.12. The highest BCUT2D eigenvalue weighted by atomic mass is 79.9. The molecule has 0 aliphatic heterocycles. The lowest BCUT2D eigenvalue weighted by Crippen LogP contribution is -2.33. The number of nitrogens with one attached hydrogen (secondary N) is 2. The van der Waals surface area contributed by atoms with Crippen molar-refractivity contribution in [3.8, 4) is 23.4 Å². The summed E-state index contributed by atoms with van der Waals surface area (Å²) in [5.41, 5.74) is -3.84. The van der Waals surface area contributed by atoms with Gasteiger partial charge in [-0.1, -0.05) is 13.7 Å². The van der Waals surface area contributed by atoms with Gasteiger partial charge in [-0.15, -0.1) is 10.2 Å². The zero-order valence-corrected chi connectivity index (χ0v) is 17.2. The van der Waals surface area contributed by atoms with Gasteiger partial charge in [-0.25, -0.2) is 9.89 Å². The maximum atomic E-state index is 12.2. The van der Waals surface area contributed by atoms with Crippen molar-refractivity contribution >= 4 is 31.9 Å². The fourth-order valence-electron chi connectivity index (χ4n) is 2.19. The van der Waals surface area contributed by atoms with E-state index in [2.05, 4.69) is 42.1 Å². The number of hydrogen-bond donors (Lipinski definition) is 2. The minimum Gasteiger partial charge on any atom is -0.435 e. The molecule has 2 aromatic heterocycles. The molecule has 148 valence electrons. The van der Waals surface area contributed by atoms with Gasteiger partial charge in [-0.05, 0) is 49.9 Å². The number of benzene rings is 1. The minimum atomic E-state index is -3.01. The van der Waals surface area contributed by atoms with Crippen molar-refractivity contribution in [1.82, 2.24) is 25.0 Å². The number of rotatable bonds is 4. The van der Waals surface area contributed by atoms with Gasteiger partial charge in [0.05, 0.1) is 14.6 Å². The first-order chi connectivity index (χ1) is 16.1. The summed E-state index contributed by atoms with van der Waals surface area (Å²) in [4.78, 5) is 37.9. The second-order valence-corrected chi connectivity index (χ2v) is 7.10. The van der Waals surface area contributed by atoms with Crippen molar-refractivity contribution in [2.45, 2.75) is 19.6 Å². The van der Waals surface area contributed by atoms with Crippen LogP contribution in [-0.4, -0.2) is 25.0 Å². The van der Waals surface area contributed by atoms with Crippen LogP contribution in [0.25, 0.3) is 5.69 Å². The molecule has 0 unspecified atom stereocenters. The maximum Gasteiger partial charge on any atom is 0.349 e. The van der Waals surface area contributed by atoms with Crippen molar-refractivity contribution in [2.24, 2.45) is 0 Å². The number of nitrogens with zero attached hydrogens (tertiary/aromatic N) is 4. The molecule has 0 saturated heterocycles. The van der Waals surface area contributed by atoms with Crippen LogP contribution in [-0.2, 0) is 0 Å². The Bertz CT molecular complexity index is 1480. The van der Waals surface area contributed by atoms with E-state index in [-0.39, 0.29) is 26.3 Å². The van der Waals surface area contributed by atoms with Crippen LogP contribution in [0.2, 0.25) is 0 Å². The van der Waals surface area contributed by atoms with Crippen molar-refractivity contribution in [3.05, 3.63) is 69.6 Å². The van der Waals surface area contributed by atoms with Gasteiger partial charge in [0.15, 0.2) is 5.75 Å². The van der Waals surface area contributed by atoms with Gasteiger partial charge in [-0.2, -0.15) is 9.94 Å². The molecule has 3 aromatic rings. The third kappa shape index (κ3) is 4.20. The van der Waals surface area contributed by atoms with Crippen molar-refractivity contribution in [3.63, 3.8) is 0 Å². The molecule has 2 N–H and O–H groups in total. The molecule has 0 spiro atoms. The second-order valence-electron chi connectivity index (χ2n) is 5.40. The van der Waals surface area contributed by atoms with Gasteiger partial charge in [-0.3, -0.25) is 14.6 Å². The number of halogens is 2. The second kappa shape index (κ2) is 8.14. The van der Waals surface area contributed by atoms with Crippen LogP contribution in [0.1, 0.15) is 39.1 Å². The van der Waals surface area contributed by atoms with E-state index in [4.69, 9.17) is 18.2 Å². The van der Waals surface area contributed by atoms with E-state index in [9.17, 15) is 14.4 Å². The van der Waals surface area contributed by atoms with Crippen molar-refractivity contribution in [2.75, 3.05) is 0 Å². The van der Waals surface area contributed by atoms with E-state index in [1.165, 1.54) is 12.1 Å². The summed E-state index contributed by atoms with van der Waals surface area (Å²) >= 11 is 6.48. The molecule has 0 amide bonds. The number of aromatic nitrogens is 5. The predicted octanol–water partition coefficient (Wildman–Crippen LogP) is 2.32. The highest BCUT2D eigenvalue weighted by Gasteiger charge is 2.16. The largest absolute Gasteiger partial charge is 0.435 e. The first-order valence-electron chi connectivity index (χ1n) is 10.5. The molecule has 0 aliphatic rings. The minimum absolute atomic E-state index is 0.0524. The SMILES string of the molecule is [2H]C([2H])([2H])C(c1cc(Oc2c(Br)cc(-n3nc(C#N)c(=O)[nH]c3=O)cc2Br)n[nH]c1=O)C([2H])([2H])[2H]. The molecular formula is C17H12Br2N6O4. The van der Waals surface area contributed by atoms with Gasteiger partial charge in [0.25, 0.3) is 11.1 Å². The molecule has 0 fully saturated rings. The van der Waals surface area contributed by atoms with Crippen LogP contribution in [0.3, 0.4) is 0 Å². The molecule has 0 saturated carbocycles. The van der Waals surface area contributed by atoms with Gasteiger partial charge in [0.2, 0.25) is 11.6 Å². The van der Waals surface area contributed by atoms with Gasteiger partial charge < -0.3 is 4.74 Å². The van der Waals surface area contributed by atoms with E-state index >= 15 is 0 Å². The summed E-state index contributed by atoms with van der Waals surface area (Å²) in [6, 6.07) is 5.20.